The Bertz CT molecular complexity index is 1510. The molecule has 0 amide bonds. The van der Waals surface area contributed by atoms with Crippen LogP contribution < -0.4 is 9.47 Å². The number of nitrogens with zero attached hydrogens (tertiary/aromatic N) is 1. The van der Waals surface area contributed by atoms with Crippen molar-refractivity contribution in [3.8, 4) is 11.5 Å². The number of likely N-dealkylation sites (tertiary alicyclic amines) is 1. The van der Waals surface area contributed by atoms with E-state index in [1.54, 1.807) is 20.1 Å². The average Bonchev–Trinajstić information content (AvgIpc) is 3.48. The zero-order valence-corrected chi connectivity index (χ0v) is 32.2. The van der Waals surface area contributed by atoms with Gasteiger partial charge in [0.2, 0.25) is 0 Å². The second kappa shape index (κ2) is 19.3. The summed E-state index contributed by atoms with van der Waals surface area (Å²) in [6.07, 6.45) is 17.1. The summed E-state index contributed by atoms with van der Waals surface area (Å²) < 4.78 is 55.3. The van der Waals surface area contributed by atoms with Gasteiger partial charge >= 0.3 is 24.1 Å². The standard InChI is InChI=1S/C39H57NO7.C2HF3O2/c1-5-6-7-8-9-10-11-12-13-14-15-16-17-18-19-20-33(41)45-28(2)37(42)46-31-23-24-39(43)32-27-29-21-22-30(44-4)35-34(29)38(39,36(31)47-35)25-26-40(32)3;3-2(4,5)1(6)7/h12-13,21-23,28,32,36,43H,5-11,14-20,24-27H2,1-4H3;(H,6,7)/t28-,32?,36-,38-,39-;/m0./s1. The third-order valence-electron chi connectivity index (χ3n) is 11.3. The number of carboxylic acid groups (broad SMARTS) is 1. The van der Waals surface area contributed by atoms with Gasteiger partial charge in [0.05, 0.1) is 18.1 Å². The molecule has 0 aromatic heterocycles. The van der Waals surface area contributed by atoms with E-state index in [1.807, 2.05) is 6.07 Å². The normalized spacial score (nSPS) is 24.4. The highest BCUT2D eigenvalue weighted by atomic mass is 19.4. The van der Waals surface area contributed by atoms with Gasteiger partial charge in [0.15, 0.2) is 23.7 Å². The Kier molecular flexibility index (Phi) is 15.4. The molecule has 13 heteroatoms. The molecule has 2 aliphatic heterocycles. The molecule has 302 valence electrons. The van der Waals surface area contributed by atoms with E-state index in [9.17, 15) is 27.9 Å². The van der Waals surface area contributed by atoms with Gasteiger partial charge < -0.3 is 34.1 Å². The van der Waals surface area contributed by atoms with Gasteiger partial charge in [-0.2, -0.15) is 13.2 Å². The molecular formula is C41H58F3NO9. The van der Waals surface area contributed by atoms with Gasteiger partial charge in [-0.15, -0.1) is 0 Å². The molecule has 1 saturated heterocycles. The highest BCUT2D eigenvalue weighted by Gasteiger charge is 2.72. The smallest absolute Gasteiger partial charge is 0.490 e. The zero-order valence-electron chi connectivity index (χ0n) is 32.2. The van der Waals surface area contributed by atoms with E-state index >= 15 is 0 Å². The molecule has 54 heavy (non-hydrogen) atoms. The Balaban J connectivity index is 0.000000845. The van der Waals surface area contributed by atoms with Gasteiger partial charge in [-0.05, 0) is 83.2 Å². The second-order valence-corrected chi connectivity index (χ2v) is 15.0. The van der Waals surface area contributed by atoms with Crippen molar-refractivity contribution in [3.63, 3.8) is 0 Å². The minimum Gasteiger partial charge on any atom is -0.493 e. The van der Waals surface area contributed by atoms with Crippen LogP contribution in [0.1, 0.15) is 128 Å². The Labute approximate surface area is 317 Å². The minimum atomic E-state index is -5.08. The molecule has 5 rings (SSSR count). The van der Waals surface area contributed by atoms with Gasteiger partial charge in [-0.3, -0.25) is 4.79 Å². The van der Waals surface area contributed by atoms with E-state index < -0.39 is 41.3 Å². The number of carbonyl (C=O) groups excluding carboxylic acids is 2. The number of piperidine rings is 1. The van der Waals surface area contributed by atoms with Crippen molar-refractivity contribution >= 4 is 17.9 Å². The number of allylic oxidation sites excluding steroid dienone is 2. The highest BCUT2D eigenvalue weighted by Crippen LogP contribution is 2.65. The number of hydrogen-bond acceptors (Lipinski definition) is 9. The third-order valence-corrected chi connectivity index (χ3v) is 11.3. The lowest BCUT2D eigenvalue weighted by Crippen LogP contribution is -2.74. The first-order valence-electron chi connectivity index (χ1n) is 19.6. The average molecular weight is 766 g/mol. The van der Waals surface area contributed by atoms with Crippen LogP contribution in [0.5, 0.6) is 11.5 Å². The predicted molar refractivity (Wildman–Crippen MR) is 196 cm³/mol. The Morgan fingerprint density at radius 3 is 2.24 bits per heavy atom. The molecule has 5 atom stereocenters. The zero-order chi connectivity index (χ0) is 39.5. The Morgan fingerprint density at radius 2 is 1.63 bits per heavy atom. The van der Waals surface area contributed by atoms with E-state index in [1.165, 1.54) is 51.4 Å². The maximum absolute atomic E-state index is 13.2. The van der Waals surface area contributed by atoms with Crippen molar-refractivity contribution in [2.24, 2.45) is 0 Å². The van der Waals surface area contributed by atoms with Gasteiger partial charge in [0, 0.05) is 24.4 Å². The number of alkyl halides is 3. The fourth-order valence-corrected chi connectivity index (χ4v) is 8.43. The summed E-state index contributed by atoms with van der Waals surface area (Å²) in [4.78, 5) is 36.9. The molecule has 1 aromatic rings. The van der Waals surface area contributed by atoms with Crippen molar-refractivity contribution < 1.29 is 56.7 Å². The first-order chi connectivity index (χ1) is 25.7. The molecule has 0 radical (unpaired) electrons. The summed E-state index contributed by atoms with van der Waals surface area (Å²) in [5.74, 6) is -2.18. The lowest BCUT2D eigenvalue weighted by molar-refractivity contribution is -0.192. The quantitative estimate of drug-likeness (QED) is 0.0809. The predicted octanol–water partition coefficient (Wildman–Crippen LogP) is 8.12. The van der Waals surface area contributed by atoms with Gasteiger partial charge in [-0.25, -0.2) is 9.59 Å². The molecule has 1 fully saturated rings. The van der Waals surface area contributed by atoms with Crippen molar-refractivity contribution in [2.45, 2.75) is 158 Å². The van der Waals surface area contributed by atoms with Crippen LogP contribution in [0.25, 0.3) is 0 Å². The number of benzene rings is 1. The largest absolute Gasteiger partial charge is 0.493 e. The van der Waals surface area contributed by atoms with Crippen molar-refractivity contribution in [1.82, 2.24) is 4.90 Å². The van der Waals surface area contributed by atoms with Crippen molar-refractivity contribution in [2.75, 3.05) is 20.7 Å². The molecule has 2 aliphatic carbocycles. The number of esters is 2. The number of methoxy groups -OCH3 is 1. The molecule has 0 saturated carbocycles. The monoisotopic (exact) mass is 765 g/mol. The fraction of sp³-hybridized carbons (Fsp3) is 0.683. The molecule has 2 bridgehead atoms. The Morgan fingerprint density at radius 1 is 1.02 bits per heavy atom. The number of aliphatic hydroxyl groups is 1. The minimum absolute atomic E-state index is 0.0841. The van der Waals surface area contributed by atoms with Crippen molar-refractivity contribution in [3.05, 3.63) is 47.2 Å². The van der Waals surface area contributed by atoms with Crippen LogP contribution in [0.15, 0.2) is 36.1 Å². The number of rotatable bonds is 19. The number of likely N-dealkylation sites (N-methyl/N-ethyl adjacent to an activating group) is 1. The molecule has 2 N–H and O–H groups in total. The van der Waals surface area contributed by atoms with Gasteiger partial charge in [0.25, 0.3) is 0 Å². The third kappa shape index (κ3) is 9.80. The first kappa shape index (κ1) is 43.2. The number of unbranched alkanes of at least 4 members (excludes halogenated alkanes) is 11. The number of carboxylic acids is 1. The maximum atomic E-state index is 13.2. The molecule has 1 aromatic carbocycles. The first-order valence-corrected chi connectivity index (χ1v) is 19.6. The summed E-state index contributed by atoms with van der Waals surface area (Å²) in [6.45, 7) is 4.59. The van der Waals surface area contributed by atoms with E-state index in [0.29, 0.717) is 36.5 Å². The van der Waals surface area contributed by atoms with Gasteiger partial charge in [0.1, 0.15) is 5.76 Å². The second-order valence-electron chi connectivity index (χ2n) is 15.0. The number of carbonyl (C=O) groups is 3. The summed E-state index contributed by atoms with van der Waals surface area (Å²) >= 11 is 0. The van der Waals surface area contributed by atoms with Crippen LogP contribution in [0.3, 0.4) is 0 Å². The van der Waals surface area contributed by atoms with E-state index in [0.717, 1.165) is 49.8 Å². The SMILES string of the molecule is CCCCCCCCC=CCCCCCCCC(=O)O[C@@H](C)C(=O)OC1=CC[C@]2(O)C3Cc4ccc(OC)c5c4[C@@]2(CCN3C)[C@H]1O5.O=C(O)C(F)(F)F. The van der Waals surface area contributed by atoms with Crippen LogP contribution in [-0.4, -0.2) is 83.8 Å². The van der Waals surface area contributed by atoms with E-state index in [4.69, 9.17) is 28.8 Å². The molecule has 1 unspecified atom stereocenters. The van der Waals surface area contributed by atoms with Crippen LogP contribution in [-0.2, 0) is 35.7 Å². The highest BCUT2D eigenvalue weighted by molar-refractivity contribution is 5.80. The fourth-order valence-electron chi connectivity index (χ4n) is 8.43. The molecular weight excluding hydrogens is 707 g/mol. The molecule has 4 aliphatic rings. The van der Waals surface area contributed by atoms with E-state index in [-0.39, 0.29) is 18.4 Å². The number of hydrogen-bond donors (Lipinski definition) is 2. The molecule has 10 nitrogen and oxygen atoms in total. The number of halogens is 3. The van der Waals surface area contributed by atoms with Crippen LogP contribution in [0.4, 0.5) is 13.2 Å². The van der Waals surface area contributed by atoms with Gasteiger partial charge in [-0.1, -0.05) is 76.5 Å². The summed E-state index contributed by atoms with van der Waals surface area (Å²) in [5, 5.41) is 19.5. The summed E-state index contributed by atoms with van der Waals surface area (Å²) in [7, 11) is 3.67. The topological polar surface area (TPSA) is 132 Å². The maximum Gasteiger partial charge on any atom is 0.490 e. The van der Waals surface area contributed by atoms with Crippen LogP contribution >= 0.6 is 0 Å². The lowest BCUT2D eigenvalue weighted by atomic mass is 9.50. The molecule has 1 spiro atoms. The molecule has 2 heterocycles. The Hall–Kier alpha value is -3.58. The van der Waals surface area contributed by atoms with Crippen LogP contribution in [0.2, 0.25) is 0 Å². The summed E-state index contributed by atoms with van der Waals surface area (Å²) in [6, 6.07) is 3.90. The summed E-state index contributed by atoms with van der Waals surface area (Å²) in [5.41, 5.74) is 0.285. The number of aliphatic carboxylic acids is 1. The number of ether oxygens (including phenoxy) is 4. The lowest BCUT2D eigenvalue weighted by Gasteiger charge is -2.61. The van der Waals surface area contributed by atoms with Crippen molar-refractivity contribution in [1.29, 1.82) is 0 Å². The van der Waals surface area contributed by atoms with Crippen LogP contribution in [0, 0.1) is 0 Å². The van der Waals surface area contributed by atoms with E-state index in [2.05, 4.69) is 37.1 Å².